The fraction of sp³-hybridized carbons (Fsp3) is 0.600. The molecule has 0 radical (unpaired) electrons. The minimum atomic E-state index is -0.0401. The SMILES string of the molecule is O=C(N[C@@H]1C[C@H]2CCN(C2)C1)N1C=c2cc(C(=O)N3CCOCC3)sc2=CC1. The highest BCUT2D eigenvalue weighted by Gasteiger charge is 2.33. The Kier molecular flexibility index (Phi) is 4.86. The summed E-state index contributed by atoms with van der Waals surface area (Å²) in [6.45, 7) is 6.34. The van der Waals surface area contributed by atoms with E-state index in [0.29, 0.717) is 32.8 Å². The summed E-state index contributed by atoms with van der Waals surface area (Å²) in [6.07, 6.45) is 6.27. The summed E-state index contributed by atoms with van der Waals surface area (Å²) in [5.41, 5.74) is 0. The number of hydrogen-bond donors (Lipinski definition) is 1. The molecule has 2 bridgehead atoms. The number of nitrogens with one attached hydrogen (secondary N) is 1. The minimum Gasteiger partial charge on any atom is -0.378 e. The molecule has 3 saturated heterocycles. The first-order valence-corrected chi connectivity index (χ1v) is 11.0. The maximum Gasteiger partial charge on any atom is 0.321 e. The third kappa shape index (κ3) is 3.56. The van der Waals surface area contributed by atoms with Crippen LogP contribution in [0.1, 0.15) is 22.5 Å². The van der Waals surface area contributed by atoms with Gasteiger partial charge >= 0.3 is 6.03 Å². The van der Waals surface area contributed by atoms with Crippen molar-refractivity contribution in [2.45, 2.75) is 18.9 Å². The first kappa shape index (κ1) is 18.1. The molecule has 7 nitrogen and oxygen atoms in total. The van der Waals surface area contributed by atoms with Gasteiger partial charge in [0.05, 0.1) is 18.1 Å². The molecular weight excluding hydrogens is 376 g/mol. The van der Waals surface area contributed by atoms with Crippen LogP contribution in [0.25, 0.3) is 12.3 Å². The molecule has 0 saturated carbocycles. The smallest absolute Gasteiger partial charge is 0.321 e. The lowest BCUT2D eigenvalue weighted by Crippen LogP contribution is -2.51. The van der Waals surface area contributed by atoms with Crippen molar-refractivity contribution in [2.75, 3.05) is 52.5 Å². The van der Waals surface area contributed by atoms with Crippen molar-refractivity contribution in [1.29, 1.82) is 0 Å². The number of carbonyl (C=O) groups is 2. The van der Waals surface area contributed by atoms with E-state index in [1.54, 1.807) is 4.90 Å². The van der Waals surface area contributed by atoms with Gasteiger partial charge in [0.15, 0.2) is 0 Å². The summed E-state index contributed by atoms with van der Waals surface area (Å²) in [7, 11) is 0. The lowest BCUT2D eigenvalue weighted by atomic mass is 9.97. The van der Waals surface area contributed by atoms with E-state index < -0.39 is 0 Å². The van der Waals surface area contributed by atoms with Crippen LogP contribution < -0.4 is 15.1 Å². The second kappa shape index (κ2) is 7.50. The molecule has 1 aromatic heterocycles. The van der Waals surface area contributed by atoms with Gasteiger partial charge < -0.3 is 19.9 Å². The number of fused-ring (bicyclic) bond motifs is 3. The Hall–Kier alpha value is -1.90. The number of amides is 3. The number of carbonyl (C=O) groups excluding carboxylic acids is 2. The van der Waals surface area contributed by atoms with Gasteiger partial charge in [-0.25, -0.2) is 4.79 Å². The van der Waals surface area contributed by atoms with Crippen LogP contribution in [-0.4, -0.2) is 85.2 Å². The number of nitrogens with zero attached hydrogens (tertiary/aromatic N) is 3. The van der Waals surface area contributed by atoms with Crippen LogP contribution in [0.5, 0.6) is 0 Å². The highest BCUT2D eigenvalue weighted by atomic mass is 32.1. The molecule has 0 aliphatic carbocycles. The maximum atomic E-state index is 12.8. The van der Waals surface area contributed by atoms with Crippen molar-refractivity contribution >= 4 is 35.6 Å². The standard InChI is InChI=1S/C20H26N4O3S/c25-19(23-5-7-27-8-6-23)18-10-15-12-24(4-2-17(15)28-18)20(26)21-16-9-14-1-3-22(11-14)13-16/h2,10,12,14,16H,1,3-9,11,13H2,(H,21,26)/t14-,16-/m1/s1. The van der Waals surface area contributed by atoms with E-state index in [1.807, 2.05) is 23.2 Å². The van der Waals surface area contributed by atoms with Gasteiger partial charge in [0, 0.05) is 54.7 Å². The largest absolute Gasteiger partial charge is 0.378 e. The van der Waals surface area contributed by atoms with Crippen molar-refractivity contribution in [2.24, 2.45) is 5.92 Å². The molecule has 1 aromatic rings. The molecule has 3 atom stereocenters. The third-order valence-electron chi connectivity index (χ3n) is 6.12. The topological polar surface area (TPSA) is 65.1 Å². The van der Waals surface area contributed by atoms with E-state index in [-0.39, 0.29) is 18.0 Å². The number of urea groups is 1. The van der Waals surface area contributed by atoms with Gasteiger partial charge in [-0.05, 0) is 37.4 Å². The summed E-state index contributed by atoms with van der Waals surface area (Å²) in [6, 6.07) is 2.12. The Bertz CT molecular complexity index is 880. The monoisotopic (exact) mass is 402 g/mol. The molecule has 5 rings (SSSR count). The molecule has 28 heavy (non-hydrogen) atoms. The van der Waals surface area contributed by atoms with E-state index in [9.17, 15) is 9.59 Å². The third-order valence-corrected chi connectivity index (χ3v) is 7.26. The van der Waals surface area contributed by atoms with Gasteiger partial charge in [-0.15, -0.1) is 11.3 Å². The van der Waals surface area contributed by atoms with Crippen molar-refractivity contribution in [3.8, 4) is 0 Å². The van der Waals surface area contributed by atoms with E-state index >= 15 is 0 Å². The molecule has 5 heterocycles. The van der Waals surface area contributed by atoms with Crippen LogP contribution in [0.4, 0.5) is 4.79 Å². The van der Waals surface area contributed by atoms with Crippen LogP contribution >= 0.6 is 11.3 Å². The van der Waals surface area contributed by atoms with Gasteiger partial charge in [0.25, 0.3) is 5.91 Å². The van der Waals surface area contributed by atoms with Crippen LogP contribution in [-0.2, 0) is 4.74 Å². The summed E-state index contributed by atoms with van der Waals surface area (Å²) in [5.74, 6) is 0.792. The average molecular weight is 403 g/mol. The Morgan fingerprint density at radius 3 is 2.86 bits per heavy atom. The highest BCUT2D eigenvalue weighted by molar-refractivity contribution is 7.12. The van der Waals surface area contributed by atoms with Crippen molar-refractivity contribution in [3.63, 3.8) is 0 Å². The first-order chi connectivity index (χ1) is 13.7. The maximum absolute atomic E-state index is 12.8. The second-order valence-electron chi connectivity index (χ2n) is 8.12. The number of piperidine rings is 1. The first-order valence-electron chi connectivity index (χ1n) is 10.1. The Morgan fingerprint density at radius 1 is 1.18 bits per heavy atom. The van der Waals surface area contributed by atoms with Gasteiger partial charge in [0.2, 0.25) is 0 Å². The van der Waals surface area contributed by atoms with Crippen molar-refractivity contribution in [3.05, 3.63) is 20.7 Å². The lowest BCUT2D eigenvalue weighted by molar-refractivity contribution is 0.0306. The average Bonchev–Trinajstić information content (AvgIpc) is 3.30. The predicted octanol–water partition coefficient (Wildman–Crippen LogP) is -0.142. The summed E-state index contributed by atoms with van der Waals surface area (Å²) < 4.78 is 6.40. The Labute approximate surface area is 168 Å². The van der Waals surface area contributed by atoms with Crippen LogP contribution in [0.2, 0.25) is 0 Å². The van der Waals surface area contributed by atoms with E-state index in [4.69, 9.17) is 4.74 Å². The fourth-order valence-electron chi connectivity index (χ4n) is 4.67. The van der Waals surface area contributed by atoms with Crippen LogP contribution in [0.3, 0.4) is 0 Å². The minimum absolute atomic E-state index is 0.0401. The number of morpholine rings is 1. The zero-order chi connectivity index (χ0) is 19.1. The Morgan fingerprint density at radius 2 is 2.04 bits per heavy atom. The molecule has 4 aliphatic rings. The zero-order valence-corrected chi connectivity index (χ0v) is 16.7. The molecule has 3 fully saturated rings. The van der Waals surface area contributed by atoms with E-state index in [2.05, 4.69) is 10.2 Å². The van der Waals surface area contributed by atoms with E-state index in [1.165, 1.54) is 30.8 Å². The predicted molar refractivity (Wildman–Crippen MR) is 107 cm³/mol. The quantitative estimate of drug-likeness (QED) is 0.748. The van der Waals surface area contributed by atoms with E-state index in [0.717, 1.165) is 33.5 Å². The molecule has 1 N–H and O–H groups in total. The van der Waals surface area contributed by atoms with Crippen molar-refractivity contribution in [1.82, 2.24) is 20.0 Å². The molecule has 8 heteroatoms. The van der Waals surface area contributed by atoms with Gasteiger partial charge in [0.1, 0.15) is 0 Å². The lowest BCUT2D eigenvalue weighted by Gasteiger charge is -2.32. The second-order valence-corrected chi connectivity index (χ2v) is 9.20. The number of ether oxygens (including phenoxy) is 1. The molecule has 1 unspecified atom stereocenters. The fourth-order valence-corrected chi connectivity index (χ4v) is 5.70. The van der Waals surface area contributed by atoms with Crippen molar-refractivity contribution < 1.29 is 14.3 Å². The molecule has 150 valence electrons. The number of hydrogen-bond acceptors (Lipinski definition) is 5. The van der Waals surface area contributed by atoms with Gasteiger partial charge in [-0.3, -0.25) is 9.69 Å². The highest BCUT2D eigenvalue weighted by Crippen LogP contribution is 2.26. The molecule has 3 amide bonds. The Balaban J connectivity index is 1.27. The summed E-state index contributed by atoms with van der Waals surface area (Å²) >= 11 is 1.51. The molecule has 0 spiro atoms. The van der Waals surface area contributed by atoms with Gasteiger partial charge in [-0.1, -0.05) is 0 Å². The molecular formula is C20H26N4O3S. The molecule has 0 aromatic carbocycles. The summed E-state index contributed by atoms with van der Waals surface area (Å²) in [5, 5.41) is 4.16. The molecule has 4 aliphatic heterocycles. The van der Waals surface area contributed by atoms with Gasteiger partial charge in [-0.2, -0.15) is 0 Å². The number of rotatable bonds is 2. The summed E-state index contributed by atoms with van der Waals surface area (Å²) in [4.78, 5) is 32.2. The number of thiophene rings is 1. The zero-order valence-electron chi connectivity index (χ0n) is 15.9. The van der Waals surface area contributed by atoms with Crippen LogP contribution in [0, 0.1) is 5.92 Å². The normalized spacial score (nSPS) is 28.9. The van der Waals surface area contributed by atoms with Crippen LogP contribution in [0.15, 0.2) is 6.07 Å².